The van der Waals surface area contributed by atoms with Crippen LogP contribution >= 0.6 is 0 Å². The van der Waals surface area contributed by atoms with Gasteiger partial charge in [0, 0.05) is 5.39 Å². The van der Waals surface area contributed by atoms with Crippen LogP contribution in [0.1, 0.15) is 30.6 Å². The molecule has 0 saturated heterocycles. The molecular formula is C19H20N6O2. The number of aryl methyl sites for hydroxylation is 1. The Morgan fingerprint density at radius 3 is 2.85 bits per heavy atom. The summed E-state index contributed by atoms with van der Waals surface area (Å²) in [4.78, 5) is 16.6. The van der Waals surface area contributed by atoms with Crippen LogP contribution < -0.4 is 10.6 Å². The zero-order valence-electron chi connectivity index (χ0n) is 14.9. The standard InChI is InChI=1S/C19H20N6O2/c1-13(14-6-3-2-4-7-14)22-19(27)24-17-10-15-11-21-25(9-5-8-20)18(15)16(12-26)23-17/h2-4,6-7,10-11,13,26H,5,9,12H2,1H3,(H2,22,23,24,27). The van der Waals surface area contributed by atoms with Crippen molar-refractivity contribution in [2.75, 3.05) is 5.32 Å². The molecule has 2 amide bonds. The highest BCUT2D eigenvalue weighted by atomic mass is 16.3. The number of carbonyl (C=O) groups is 1. The predicted octanol–water partition coefficient (Wildman–Crippen LogP) is 2.72. The number of nitrogens with zero attached hydrogens (tertiary/aromatic N) is 4. The minimum atomic E-state index is -0.390. The molecule has 0 saturated carbocycles. The number of anilines is 1. The van der Waals surface area contributed by atoms with Crippen LogP contribution in [-0.2, 0) is 13.2 Å². The van der Waals surface area contributed by atoms with Crippen molar-refractivity contribution in [3.63, 3.8) is 0 Å². The summed E-state index contributed by atoms with van der Waals surface area (Å²) < 4.78 is 1.64. The van der Waals surface area contributed by atoms with Gasteiger partial charge in [0.15, 0.2) is 0 Å². The van der Waals surface area contributed by atoms with E-state index in [2.05, 4.69) is 26.8 Å². The van der Waals surface area contributed by atoms with Gasteiger partial charge in [0.05, 0.1) is 49.1 Å². The minimum Gasteiger partial charge on any atom is -0.390 e. The lowest BCUT2D eigenvalue weighted by Gasteiger charge is -2.15. The van der Waals surface area contributed by atoms with E-state index in [1.807, 2.05) is 37.3 Å². The molecule has 3 N–H and O–H groups in total. The smallest absolute Gasteiger partial charge is 0.320 e. The third-order valence-corrected chi connectivity index (χ3v) is 4.16. The number of aliphatic hydroxyl groups is 1. The summed E-state index contributed by atoms with van der Waals surface area (Å²) in [6.45, 7) is 2.01. The van der Waals surface area contributed by atoms with E-state index in [-0.39, 0.29) is 18.7 Å². The Bertz CT molecular complexity index is 977. The second-order valence-corrected chi connectivity index (χ2v) is 6.06. The van der Waals surface area contributed by atoms with Crippen LogP contribution in [0.3, 0.4) is 0 Å². The van der Waals surface area contributed by atoms with Crippen LogP contribution in [0.4, 0.5) is 10.6 Å². The van der Waals surface area contributed by atoms with Crippen LogP contribution in [0.15, 0.2) is 42.6 Å². The molecule has 0 spiro atoms. The molecule has 0 radical (unpaired) electrons. The quantitative estimate of drug-likeness (QED) is 0.622. The Kier molecular flexibility index (Phi) is 5.64. The SMILES string of the molecule is CC(NC(=O)Nc1cc2cnn(CCC#N)c2c(CO)n1)c1ccccc1. The first kappa shape index (κ1) is 18.4. The highest BCUT2D eigenvalue weighted by molar-refractivity contribution is 5.92. The van der Waals surface area contributed by atoms with Gasteiger partial charge in [-0.05, 0) is 18.6 Å². The normalized spacial score (nSPS) is 11.7. The first-order valence-corrected chi connectivity index (χ1v) is 8.58. The summed E-state index contributed by atoms with van der Waals surface area (Å²) >= 11 is 0. The molecule has 1 atom stereocenters. The number of fused-ring (bicyclic) bond motifs is 1. The Balaban J connectivity index is 1.77. The van der Waals surface area contributed by atoms with Gasteiger partial charge in [0.1, 0.15) is 5.82 Å². The van der Waals surface area contributed by atoms with Crippen LogP contribution in [0.2, 0.25) is 0 Å². The third kappa shape index (κ3) is 4.22. The Morgan fingerprint density at radius 2 is 2.15 bits per heavy atom. The maximum Gasteiger partial charge on any atom is 0.320 e. The summed E-state index contributed by atoms with van der Waals surface area (Å²) in [5.74, 6) is 0.323. The van der Waals surface area contributed by atoms with Crippen LogP contribution in [0, 0.1) is 11.3 Å². The van der Waals surface area contributed by atoms with Crippen LogP contribution in [0.25, 0.3) is 10.9 Å². The van der Waals surface area contributed by atoms with Crippen molar-refractivity contribution in [1.82, 2.24) is 20.1 Å². The molecule has 8 nitrogen and oxygen atoms in total. The topological polar surface area (TPSA) is 116 Å². The molecule has 3 aromatic rings. The number of aromatic nitrogens is 3. The molecular weight excluding hydrogens is 344 g/mol. The van der Waals surface area contributed by atoms with Crippen molar-refractivity contribution < 1.29 is 9.90 Å². The lowest BCUT2D eigenvalue weighted by Crippen LogP contribution is -2.31. The van der Waals surface area contributed by atoms with Crippen LogP contribution in [-0.4, -0.2) is 25.9 Å². The van der Waals surface area contributed by atoms with Crippen molar-refractivity contribution in [2.45, 2.75) is 32.5 Å². The van der Waals surface area contributed by atoms with Crippen molar-refractivity contribution in [1.29, 1.82) is 5.26 Å². The first-order valence-electron chi connectivity index (χ1n) is 8.58. The van der Waals surface area contributed by atoms with Crippen molar-refractivity contribution in [3.8, 4) is 6.07 Å². The van der Waals surface area contributed by atoms with Crippen molar-refractivity contribution >= 4 is 22.8 Å². The van der Waals surface area contributed by atoms with E-state index in [1.165, 1.54) is 0 Å². The zero-order valence-corrected chi connectivity index (χ0v) is 14.9. The number of nitriles is 1. The summed E-state index contributed by atoms with van der Waals surface area (Å²) in [5.41, 5.74) is 2.05. The van der Waals surface area contributed by atoms with Gasteiger partial charge in [-0.25, -0.2) is 9.78 Å². The van der Waals surface area contributed by atoms with Gasteiger partial charge < -0.3 is 10.4 Å². The second kappa shape index (κ2) is 8.29. The van der Waals surface area contributed by atoms with Gasteiger partial charge in [-0.2, -0.15) is 10.4 Å². The van der Waals surface area contributed by atoms with E-state index in [0.29, 0.717) is 30.0 Å². The van der Waals surface area contributed by atoms with Gasteiger partial charge in [-0.1, -0.05) is 30.3 Å². The molecule has 0 aliphatic carbocycles. The number of aliphatic hydroxyl groups excluding tert-OH is 1. The number of nitrogens with one attached hydrogen (secondary N) is 2. The zero-order chi connectivity index (χ0) is 19.2. The van der Waals surface area contributed by atoms with Crippen molar-refractivity contribution in [3.05, 3.63) is 53.9 Å². The van der Waals surface area contributed by atoms with E-state index < -0.39 is 0 Å². The van der Waals surface area contributed by atoms with E-state index >= 15 is 0 Å². The third-order valence-electron chi connectivity index (χ3n) is 4.16. The predicted molar refractivity (Wildman–Crippen MR) is 101 cm³/mol. The number of rotatable bonds is 6. The second-order valence-electron chi connectivity index (χ2n) is 6.06. The number of amides is 2. The van der Waals surface area contributed by atoms with Gasteiger partial charge >= 0.3 is 6.03 Å². The highest BCUT2D eigenvalue weighted by Crippen LogP contribution is 2.22. The molecule has 2 heterocycles. The molecule has 0 bridgehead atoms. The van der Waals surface area contributed by atoms with Gasteiger partial charge in [0.2, 0.25) is 0 Å². The number of benzene rings is 1. The molecule has 0 aliphatic rings. The highest BCUT2D eigenvalue weighted by Gasteiger charge is 2.14. The summed E-state index contributed by atoms with van der Waals surface area (Å²) in [7, 11) is 0. The molecule has 2 aromatic heterocycles. The number of urea groups is 1. The maximum atomic E-state index is 12.3. The Morgan fingerprint density at radius 1 is 1.37 bits per heavy atom. The Hall–Kier alpha value is -3.44. The van der Waals surface area contributed by atoms with Crippen molar-refractivity contribution in [2.24, 2.45) is 0 Å². The fraction of sp³-hybridized carbons (Fsp3) is 0.263. The molecule has 0 fully saturated rings. The number of hydrogen-bond donors (Lipinski definition) is 3. The molecule has 0 aliphatic heterocycles. The van der Waals surface area contributed by atoms with E-state index in [9.17, 15) is 9.90 Å². The van der Waals surface area contributed by atoms with E-state index in [4.69, 9.17) is 5.26 Å². The molecule has 138 valence electrons. The van der Waals surface area contributed by atoms with E-state index in [0.717, 1.165) is 10.9 Å². The van der Waals surface area contributed by atoms with E-state index in [1.54, 1.807) is 16.9 Å². The minimum absolute atomic E-state index is 0.166. The van der Waals surface area contributed by atoms with Crippen LogP contribution in [0.5, 0.6) is 0 Å². The largest absolute Gasteiger partial charge is 0.390 e. The molecule has 1 aromatic carbocycles. The maximum absolute atomic E-state index is 12.3. The van der Waals surface area contributed by atoms with Gasteiger partial charge in [0.25, 0.3) is 0 Å². The molecule has 27 heavy (non-hydrogen) atoms. The fourth-order valence-corrected chi connectivity index (χ4v) is 2.87. The van der Waals surface area contributed by atoms with Gasteiger partial charge in [-0.3, -0.25) is 10.00 Å². The lowest BCUT2D eigenvalue weighted by molar-refractivity contribution is 0.249. The average Bonchev–Trinajstić information content (AvgIpc) is 3.09. The number of pyridine rings is 1. The fourth-order valence-electron chi connectivity index (χ4n) is 2.87. The first-order chi connectivity index (χ1) is 13.1. The molecule has 8 heteroatoms. The molecule has 3 rings (SSSR count). The number of carbonyl (C=O) groups excluding carboxylic acids is 1. The Labute approximate surface area is 156 Å². The summed E-state index contributed by atoms with van der Waals surface area (Å²) in [5, 5.41) is 28.9. The lowest BCUT2D eigenvalue weighted by atomic mass is 10.1. The number of hydrogen-bond acceptors (Lipinski definition) is 5. The molecule has 1 unspecified atom stereocenters. The summed E-state index contributed by atoms with van der Waals surface area (Å²) in [6.07, 6.45) is 1.94. The van der Waals surface area contributed by atoms with Gasteiger partial charge in [-0.15, -0.1) is 0 Å². The average molecular weight is 364 g/mol. The summed E-state index contributed by atoms with van der Waals surface area (Å²) in [6, 6.07) is 12.8. The monoisotopic (exact) mass is 364 g/mol.